The number of aliphatic hydroxyl groups excluding tert-OH is 1. The van der Waals surface area contributed by atoms with Gasteiger partial charge in [-0.25, -0.2) is 4.39 Å². The molecule has 0 spiro atoms. The van der Waals surface area contributed by atoms with Crippen molar-refractivity contribution < 1.29 is 9.50 Å². The Morgan fingerprint density at radius 1 is 1.53 bits per heavy atom. The van der Waals surface area contributed by atoms with E-state index in [1.165, 1.54) is 6.07 Å². The lowest BCUT2D eigenvalue weighted by Gasteiger charge is -2.20. The van der Waals surface area contributed by atoms with Crippen LogP contribution in [-0.4, -0.2) is 18.2 Å². The van der Waals surface area contributed by atoms with Crippen LogP contribution in [0.15, 0.2) is 18.2 Å². The van der Waals surface area contributed by atoms with Crippen LogP contribution >= 0.6 is 0 Å². The first-order chi connectivity index (χ1) is 8.11. The first kappa shape index (κ1) is 12.4. The van der Waals surface area contributed by atoms with Gasteiger partial charge in [-0.3, -0.25) is 0 Å². The van der Waals surface area contributed by atoms with Gasteiger partial charge in [-0.1, -0.05) is 19.4 Å². The van der Waals surface area contributed by atoms with E-state index in [2.05, 4.69) is 11.8 Å². The molecule has 1 aromatic carbocycles. The van der Waals surface area contributed by atoms with Gasteiger partial charge in [0, 0.05) is 13.1 Å². The topological polar surface area (TPSA) is 23.5 Å². The second-order valence-corrected chi connectivity index (χ2v) is 4.90. The van der Waals surface area contributed by atoms with Crippen LogP contribution in [0.4, 0.5) is 10.1 Å². The van der Waals surface area contributed by atoms with Gasteiger partial charge in [-0.05, 0) is 37.0 Å². The fraction of sp³-hybridized carbons (Fsp3) is 0.571. The summed E-state index contributed by atoms with van der Waals surface area (Å²) in [6.07, 6.45) is 1.69. The summed E-state index contributed by atoms with van der Waals surface area (Å²) in [6, 6.07) is 5.04. The molecule has 94 valence electrons. The summed E-state index contributed by atoms with van der Waals surface area (Å²) in [5, 5.41) is 9.40. The standard InChI is InChI=1S/C14H20FNO/c1-3-11-6-7-16(9-11)14-5-4-12(10(2)17)8-13(14)15/h4-5,8,10-11,17H,3,6-7,9H2,1-2H3/t10-,11?/m1/s1. The Hall–Kier alpha value is -1.09. The average molecular weight is 237 g/mol. The SMILES string of the molecule is CCC1CCN(c2ccc([C@@H](C)O)cc2F)C1. The molecule has 2 nitrogen and oxygen atoms in total. The largest absolute Gasteiger partial charge is 0.389 e. The van der Waals surface area contributed by atoms with E-state index in [0.717, 1.165) is 25.9 Å². The lowest BCUT2D eigenvalue weighted by molar-refractivity contribution is 0.199. The van der Waals surface area contributed by atoms with E-state index in [9.17, 15) is 9.50 Å². The van der Waals surface area contributed by atoms with Crippen LogP contribution in [0.25, 0.3) is 0 Å². The molecule has 0 bridgehead atoms. The molecule has 1 fully saturated rings. The van der Waals surface area contributed by atoms with Crippen molar-refractivity contribution in [3.8, 4) is 0 Å². The lowest BCUT2D eigenvalue weighted by Crippen LogP contribution is -2.20. The summed E-state index contributed by atoms with van der Waals surface area (Å²) >= 11 is 0. The second-order valence-electron chi connectivity index (χ2n) is 4.90. The number of hydrogen-bond donors (Lipinski definition) is 1. The fourth-order valence-corrected chi connectivity index (χ4v) is 2.42. The zero-order valence-corrected chi connectivity index (χ0v) is 10.5. The molecule has 1 aliphatic rings. The van der Waals surface area contributed by atoms with E-state index in [1.54, 1.807) is 13.0 Å². The summed E-state index contributed by atoms with van der Waals surface area (Å²) in [4.78, 5) is 2.11. The fourth-order valence-electron chi connectivity index (χ4n) is 2.42. The molecule has 1 aromatic rings. The van der Waals surface area contributed by atoms with Crippen molar-refractivity contribution in [2.45, 2.75) is 32.8 Å². The third-order valence-corrected chi connectivity index (χ3v) is 3.66. The lowest BCUT2D eigenvalue weighted by atomic mass is 10.1. The van der Waals surface area contributed by atoms with E-state index < -0.39 is 6.10 Å². The predicted molar refractivity (Wildman–Crippen MR) is 67.6 cm³/mol. The number of halogens is 1. The maximum absolute atomic E-state index is 13.9. The number of hydrogen-bond acceptors (Lipinski definition) is 2. The molecule has 1 unspecified atom stereocenters. The van der Waals surface area contributed by atoms with Crippen molar-refractivity contribution in [2.24, 2.45) is 5.92 Å². The van der Waals surface area contributed by atoms with Gasteiger partial charge in [0.25, 0.3) is 0 Å². The third kappa shape index (κ3) is 2.60. The summed E-state index contributed by atoms with van der Waals surface area (Å²) in [7, 11) is 0. The molecule has 0 saturated carbocycles. The number of nitrogens with zero attached hydrogens (tertiary/aromatic N) is 1. The number of rotatable bonds is 3. The minimum atomic E-state index is -0.611. The van der Waals surface area contributed by atoms with Crippen LogP contribution in [0.5, 0.6) is 0 Å². The van der Waals surface area contributed by atoms with E-state index in [1.807, 2.05) is 6.07 Å². The molecule has 0 aliphatic carbocycles. The predicted octanol–water partition coefficient (Wildman–Crippen LogP) is 3.12. The molecular weight excluding hydrogens is 217 g/mol. The van der Waals surface area contributed by atoms with E-state index in [0.29, 0.717) is 17.2 Å². The smallest absolute Gasteiger partial charge is 0.146 e. The van der Waals surface area contributed by atoms with Crippen LogP contribution in [-0.2, 0) is 0 Å². The Kier molecular flexibility index (Phi) is 3.67. The molecule has 3 heteroatoms. The summed E-state index contributed by atoms with van der Waals surface area (Å²) in [5.74, 6) is 0.464. The monoisotopic (exact) mass is 237 g/mol. The molecule has 1 N–H and O–H groups in total. The Balaban J connectivity index is 2.17. The van der Waals surface area contributed by atoms with Crippen LogP contribution in [0.3, 0.4) is 0 Å². The molecule has 1 aliphatic heterocycles. The van der Waals surface area contributed by atoms with Crippen molar-refractivity contribution in [1.29, 1.82) is 0 Å². The Morgan fingerprint density at radius 3 is 2.82 bits per heavy atom. The molecule has 1 heterocycles. The van der Waals surface area contributed by atoms with Gasteiger partial charge in [-0.2, -0.15) is 0 Å². The summed E-state index contributed by atoms with van der Waals surface area (Å²) in [5.41, 5.74) is 1.31. The molecule has 2 atom stereocenters. The normalized spacial score (nSPS) is 21.9. The van der Waals surface area contributed by atoms with Crippen molar-refractivity contribution in [3.05, 3.63) is 29.6 Å². The second kappa shape index (κ2) is 5.05. The summed E-state index contributed by atoms with van der Waals surface area (Å²) < 4.78 is 13.9. The Labute approximate surface area is 102 Å². The van der Waals surface area contributed by atoms with Gasteiger partial charge in [0.05, 0.1) is 11.8 Å². The maximum Gasteiger partial charge on any atom is 0.146 e. The van der Waals surface area contributed by atoms with Crippen LogP contribution in [0, 0.1) is 11.7 Å². The van der Waals surface area contributed by atoms with E-state index in [-0.39, 0.29) is 5.82 Å². The van der Waals surface area contributed by atoms with Gasteiger partial charge in [0.1, 0.15) is 5.82 Å². The van der Waals surface area contributed by atoms with Crippen molar-refractivity contribution in [1.82, 2.24) is 0 Å². The molecule has 0 amide bonds. The number of anilines is 1. The Morgan fingerprint density at radius 2 is 2.29 bits per heavy atom. The van der Waals surface area contributed by atoms with Gasteiger partial charge < -0.3 is 10.0 Å². The highest BCUT2D eigenvalue weighted by Gasteiger charge is 2.23. The quantitative estimate of drug-likeness (QED) is 0.873. The third-order valence-electron chi connectivity index (χ3n) is 3.66. The molecule has 2 rings (SSSR count). The highest BCUT2D eigenvalue weighted by molar-refractivity contribution is 5.50. The van der Waals surface area contributed by atoms with Crippen LogP contribution < -0.4 is 4.90 Å². The van der Waals surface area contributed by atoms with E-state index in [4.69, 9.17) is 0 Å². The van der Waals surface area contributed by atoms with Gasteiger partial charge in [0.2, 0.25) is 0 Å². The van der Waals surface area contributed by atoms with Crippen molar-refractivity contribution >= 4 is 5.69 Å². The molecular formula is C14H20FNO. The minimum Gasteiger partial charge on any atom is -0.389 e. The number of aliphatic hydroxyl groups is 1. The number of benzene rings is 1. The zero-order chi connectivity index (χ0) is 12.4. The van der Waals surface area contributed by atoms with Crippen molar-refractivity contribution in [3.63, 3.8) is 0 Å². The molecule has 17 heavy (non-hydrogen) atoms. The summed E-state index contributed by atoms with van der Waals surface area (Å²) in [6.45, 7) is 5.71. The highest BCUT2D eigenvalue weighted by Crippen LogP contribution is 2.29. The zero-order valence-electron chi connectivity index (χ0n) is 10.5. The molecule has 0 aromatic heterocycles. The van der Waals surface area contributed by atoms with Crippen molar-refractivity contribution in [2.75, 3.05) is 18.0 Å². The van der Waals surface area contributed by atoms with Crippen LogP contribution in [0.2, 0.25) is 0 Å². The highest BCUT2D eigenvalue weighted by atomic mass is 19.1. The minimum absolute atomic E-state index is 0.222. The molecule has 1 saturated heterocycles. The van der Waals surface area contributed by atoms with Gasteiger partial charge in [-0.15, -0.1) is 0 Å². The van der Waals surface area contributed by atoms with Gasteiger partial charge in [0.15, 0.2) is 0 Å². The van der Waals surface area contributed by atoms with E-state index >= 15 is 0 Å². The molecule has 0 radical (unpaired) electrons. The average Bonchev–Trinajstić information content (AvgIpc) is 2.77. The van der Waals surface area contributed by atoms with Gasteiger partial charge >= 0.3 is 0 Å². The first-order valence-corrected chi connectivity index (χ1v) is 6.34. The van der Waals surface area contributed by atoms with Crippen LogP contribution in [0.1, 0.15) is 38.4 Å². The first-order valence-electron chi connectivity index (χ1n) is 6.34. The maximum atomic E-state index is 13.9. The Bertz CT molecular complexity index is 392.